The molecule has 0 aromatic heterocycles. The molecule has 4 nitrogen and oxygen atoms in total. The SMILES string of the molecule is CC1(C)C2CC3CC(C2)CC1C3.CC1(C)C2CC3CC1CC(O)(C3)C2.CC1(C)C2CC3CC1CC(O)(C3)C2.CC1(C)CCCC1.CC1(C)CCCCC1.CCC1(C)C2CC3CC(C2)CC1C3.CCC1(C)CCCC1.CCC1(C)CCCCC1.[C-]#[N+]C12CC3CC(C1)C(C)(C)C(C3)C2.[C-]#[N+]C12CC3CC(C1)C(C)(CC)C(C3)C2. The Morgan fingerprint density at radius 3 is 0.705 bits per heavy atom. The molecule has 8 atom stereocenters. The molecule has 0 aromatic rings. The van der Waals surface area contributed by atoms with E-state index in [4.69, 9.17) is 13.1 Å². The lowest BCUT2D eigenvalue weighted by Crippen LogP contribution is -2.57. The lowest BCUT2D eigenvalue weighted by atomic mass is 9.43. The van der Waals surface area contributed by atoms with Crippen molar-refractivity contribution in [3.05, 3.63) is 22.8 Å². The zero-order valence-corrected chi connectivity index (χ0v) is 78.1. The van der Waals surface area contributed by atoms with Gasteiger partial charge in [-0.25, -0.2) is 13.1 Å². The third kappa shape index (κ3) is 18.9. The maximum absolute atomic E-state index is 10.3. The van der Waals surface area contributed by atoms with Crippen molar-refractivity contribution in [2.45, 2.75) is 495 Å². The van der Waals surface area contributed by atoms with E-state index in [0.29, 0.717) is 37.9 Å². The molecule has 4 heteroatoms. The van der Waals surface area contributed by atoms with Crippen LogP contribution in [-0.2, 0) is 0 Å². The van der Waals surface area contributed by atoms with Crippen molar-refractivity contribution in [2.75, 3.05) is 0 Å². The van der Waals surface area contributed by atoms with Gasteiger partial charge < -0.3 is 19.9 Å². The van der Waals surface area contributed by atoms with Crippen LogP contribution in [0.3, 0.4) is 0 Å². The Kier molecular flexibility index (Phi) is 26.6. The average molecular weight is 1540 g/mol. The van der Waals surface area contributed by atoms with Gasteiger partial charge in [0.25, 0.3) is 0 Å². The van der Waals surface area contributed by atoms with Crippen molar-refractivity contribution in [3.8, 4) is 0 Å². The molecule has 2 N–H and O–H groups in total. The second-order valence-electron chi connectivity index (χ2n) is 52.3. The van der Waals surface area contributed by atoms with Crippen LogP contribution in [0.2, 0.25) is 0 Å². The predicted octanol–water partition coefficient (Wildman–Crippen LogP) is 31.8. The fourth-order valence-electron chi connectivity index (χ4n) is 33.8. The molecular formula is C108H186N2O2. The molecule has 0 heterocycles. The first kappa shape index (κ1) is 88.7. The van der Waals surface area contributed by atoms with E-state index in [1.807, 2.05) is 0 Å². The lowest BCUT2D eigenvalue weighted by Gasteiger charge is -2.62. The van der Waals surface area contributed by atoms with Crippen LogP contribution >= 0.6 is 0 Å². The van der Waals surface area contributed by atoms with Crippen LogP contribution in [0.15, 0.2) is 0 Å². The summed E-state index contributed by atoms with van der Waals surface area (Å²) in [6.45, 7) is 63.4. The van der Waals surface area contributed by atoms with Crippen LogP contribution in [0.5, 0.6) is 0 Å². The minimum absolute atomic E-state index is 0.0885. The fraction of sp³-hybridized carbons (Fsp3) is 0.981. The minimum atomic E-state index is -0.244. The van der Waals surface area contributed by atoms with Gasteiger partial charge in [-0.15, -0.1) is 0 Å². The summed E-state index contributed by atoms with van der Waals surface area (Å²) >= 11 is 0. The van der Waals surface area contributed by atoms with Crippen molar-refractivity contribution >= 4 is 0 Å². The van der Waals surface area contributed by atoms with E-state index in [1.54, 1.807) is 64.2 Å². The zero-order chi connectivity index (χ0) is 80.7. The predicted molar refractivity (Wildman–Crippen MR) is 476 cm³/mol. The summed E-state index contributed by atoms with van der Waals surface area (Å²) in [5, 5.41) is 20.7. The molecule has 0 radical (unpaired) electrons. The largest absolute Gasteiger partial charge is 0.390 e. The Morgan fingerprint density at radius 1 is 0.232 bits per heavy atom. The molecule has 0 saturated heterocycles. The first-order chi connectivity index (χ1) is 52.5. The summed E-state index contributed by atoms with van der Waals surface area (Å²) in [7, 11) is 0. The average Bonchev–Trinajstić information content (AvgIpc) is 0.838. The van der Waals surface area contributed by atoms with E-state index in [0.717, 1.165) is 173 Å². The lowest BCUT2D eigenvalue weighted by molar-refractivity contribution is -0.180. The molecule has 28 rings (SSSR count). The van der Waals surface area contributed by atoms with Gasteiger partial charge in [-0.3, -0.25) is 0 Å². The van der Waals surface area contributed by atoms with Crippen LogP contribution < -0.4 is 0 Å². The molecule has 28 aliphatic carbocycles. The van der Waals surface area contributed by atoms with Crippen LogP contribution in [-0.4, -0.2) is 32.5 Å². The van der Waals surface area contributed by atoms with Crippen molar-refractivity contribution in [1.29, 1.82) is 0 Å². The third-order valence-electron chi connectivity index (χ3n) is 42.8. The number of nitrogens with zero attached hydrogens (tertiary/aromatic N) is 2. The van der Waals surface area contributed by atoms with Crippen LogP contribution in [0.25, 0.3) is 9.69 Å². The Balaban J connectivity index is 0.000000110. The van der Waals surface area contributed by atoms with Crippen molar-refractivity contribution in [2.24, 2.45) is 173 Å². The molecule has 0 spiro atoms. The molecule has 112 heavy (non-hydrogen) atoms. The van der Waals surface area contributed by atoms with Crippen molar-refractivity contribution in [3.63, 3.8) is 0 Å². The van der Waals surface area contributed by atoms with Gasteiger partial charge in [0.2, 0.25) is 11.1 Å². The summed E-state index contributed by atoms with van der Waals surface area (Å²) in [6.07, 6.45) is 72.9. The van der Waals surface area contributed by atoms with Crippen LogP contribution in [0.1, 0.15) is 472 Å². The zero-order valence-electron chi connectivity index (χ0n) is 78.1. The molecule has 640 valence electrons. The first-order valence-electron chi connectivity index (χ1n) is 50.7. The number of hydrogen-bond donors (Lipinski definition) is 2. The molecule has 8 unspecified atom stereocenters. The number of rotatable bonds is 4. The first-order valence-corrected chi connectivity index (χ1v) is 50.7. The molecule has 0 aromatic carbocycles. The monoisotopic (exact) mass is 1540 g/mol. The van der Waals surface area contributed by atoms with Gasteiger partial charge in [-0.05, 0) is 378 Å². The highest BCUT2D eigenvalue weighted by Crippen LogP contribution is 2.70. The summed E-state index contributed by atoms with van der Waals surface area (Å²) in [5.41, 5.74) is 6.11. The summed E-state index contributed by atoms with van der Waals surface area (Å²) in [5.74, 6) is 19.1. The van der Waals surface area contributed by atoms with Gasteiger partial charge in [0, 0.05) is 38.5 Å². The van der Waals surface area contributed by atoms with Gasteiger partial charge in [-0.1, -0.05) is 228 Å². The fourth-order valence-corrected chi connectivity index (χ4v) is 33.8. The minimum Gasteiger partial charge on any atom is -0.390 e. The third-order valence-corrected chi connectivity index (χ3v) is 42.8. The highest BCUT2D eigenvalue weighted by molar-refractivity contribution is 5.19. The molecule has 28 saturated carbocycles. The Bertz CT molecular complexity index is 2960. The summed E-state index contributed by atoms with van der Waals surface area (Å²) in [6, 6.07) is 0. The van der Waals surface area contributed by atoms with Gasteiger partial charge in [0.05, 0.1) is 11.2 Å². The van der Waals surface area contributed by atoms with E-state index in [2.05, 4.69) is 148 Å². The number of hydrogen-bond acceptors (Lipinski definition) is 2. The van der Waals surface area contributed by atoms with Crippen molar-refractivity contribution in [1.82, 2.24) is 0 Å². The topological polar surface area (TPSA) is 49.2 Å². The summed E-state index contributed by atoms with van der Waals surface area (Å²) in [4.78, 5) is 8.03. The van der Waals surface area contributed by atoms with Crippen LogP contribution in [0.4, 0.5) is 0 Å². The molecule has 28 fully saturated rings. The second-order valence-corrected chi connectivity index (χ2v) is 52.3. The van der Waals surface area contributed by atoms with E-state index >= 15 is 0 Å². The molecule has 28 aliphatic rings. The summed E-state index contributed by atoms with van der Waals surface area (Å²) < 4.78 is 0. The van der Waals surface area contributed by atoms with Gasteiger partial charge in [0.1, 0.15) is 0 Å². The normalized spacial score (nSPS) is 47.8. The molecular weight excluding hydrogens is 1360 g/mol. The van der Waals surface area contributed by atoms with Gasteiger partial charge in [0.15, 0.2) is 0 Å². The smallest absolute Gasteiger partial charge is 0.233 e. The van der Waals surface area contributed by atoms with Crippen molar-refractivity contribution < 1.29 is 10.2 Å². The van der Waals surface area contributed by atoms with E-state index in [9.17, 15) is 10.2 Å². The second kappa shape index (κ2) is 33.6. The van der Waals surface area contributed by atoms with E-state index < -0.39 is 0 Å². The quantitative estimate of drug-likeness (QED) is 0.276. The maximum atomic E-state index is 10.3. The molecule has 0 amide bonds. The van der Waals surface area contributed by atoms with Gasteiger partial charge >= 0.3 is 0 Å². The highest BCUT2D eigenvalue weighted by atomic mass is 16.3. The highest BCUT2D eigenvalue weighted by Gasteiger charge is 2.66. The number of aliphatic hydroxyl groups is 2. The standard InChI is InChI=1S/C14H21N.C13H19N.C13H22.2C12H20O.C12H20.C9H18.2C8H16.C7H14/c1-4-13(2)11-5-10-6-12(13)9-14(7-10,8-11)15-3;1-12(2)10-4-9-5-11(12)8-13(6-9,7-10)14-3;1-3-13(2)11-5-9-4-10(7-11)8-12(13)6-9;2*1-11(2)9-3-8-4-10(11)7-12(13,5-8)6-9;1-12(2)10-4-8-3-9(6-10)7-11(12)5-8;1-3-9(2)7-5-4-6-8-9;1-8(2)6-4-3-5-7-8;1-3-8(2)6-4-5-7-8;1-7(2)5-3-4-6-7/h10-12H,4-9H2,1-2H3;9-11H,4-8H2,1-2H3;9-12H,3-8H2,1-2H3;2*8-10,13H,3-7H2,1-2H3;8-11H,3-7H2,1-2H3;3-8H2,1-2H3;2*3-7H2,1-2H3;3-6H2,1-2H3. The Hall–Kier alpha value is -1.10. The Morgan fingerprint density at radius 2 is 0.455 bits per heavy atom. The van der Waals surface area contributed by atoms with E-state index in [1.165, 1.54) is 231 Å². The molecule has 0 aliphatic heterocycles. The van der Waals surface area contributed by atoms with E-state index in [-0.39, 0.29) is 22.3 Å². The molecule has 24 bridgehead atoms. The Labute approximate surface area is 696 Å². The maximum Gasteiger partial charge on any atom is 0.233 e. The van der Waals surface area contributed by atoms with Gasteiger partial charge in [-0.2, -0.15) is 0 Å². The van der Waals surface area contributed by atoms with Crippen LogP contribution in [0, 0.1) is 186 Å².